The zero-order valence-corrected chi connectivity index (χ0v) is 21.5. The number of aromatic nitrogens is 1. The highest BCUT2D eigenvalue weighted by Gasteiger charge is 2.30. The molecule has 2 aliphatic rings. The van der Waals surface area contributed by atoms with Crippen LogP contribution >= 0.6 is 0 Å². The number of aliphatic hydroxyl groups excluding tert-OH is 1. The molecule has 1 aromatic carbocycles. The molecule has 1 saturated carbocycles. The summed E-state index contributed by atoms with van der Waals surface area (Å²) >= 11 is 0. The minimum absolute atomic E-state index is 0.206. The van der Waals surface area contributed by atoms with Gasteiger partial charge < -0.3 is 35.7 Å². The van der Waals surface area contributed by atoms with Gasteiger partial charge in [0.15, 0.2) is 0 Å². The summed E-state index contributed by atoms with van der Waals surface area (Å²) in [6.45, 7) is 1.97. The number of piperidine rings is 1. The van der Waals surface area contributed by atoms with Crippen LogP contribution in [0.25, 0.3) is 0 Å². The molecule has 2 amide bonds. The van der Waals surface area contributed by atoms with E-state index in [4.69, 9.17) is 10.5 Å². The van der Waals surface area contributed by atoms with E-state index in [2.05, 4.69) is 34.6 Å². The van der Waals surface area contributed by atoms with Crippen LogP contribution in [0.1, 0.15) is 72.7 Å². The summed E-state index contributed by atoms with van der Waals surface area (Å²) in [5.74, 6) is -2.13. The van der Waals surface area contributed by atoms with E-state index >= 15 is 0 Å². The normalized spacial score (nSPS) is 19.8. The van der Waals surface area contributed by atoms with Gasteiger partial charge in [0.2, 0.25) is 5.91 Å². The number of rotatable bonds is 11. The second-order valence-corrected chi connectivity index (χ2v) is 10.3. The van der Waals surface area contributed by atoms with Crippen molar-refractivity contribution in [2.75, 3.05) is 19.7 Å². The number of hydrogen-bond donors (Lipinski definition) is 3. The summed E-state index contributed by atoms with van der Waals surface area (Å²) in [5.41, 5.74) is 8.73. The number of amides is 2. The first-order valence-electron chi connectivity index (χ1n) is 13.1. The van der Waals surface area contributed by atoms with E-state index in [-0.39, 0.29) is 36.3 Å². The van der Waals surface area contributed by atoms with E-state index in [9.17, 15) is 24.6 Å². The number of hydrogen-bond acceptors (Lipinski definition) is 8. The Morgan fingerprint density at radius 3 is 2.50 bits per heavy atom. The minimum atomic E-state index is -1.39. The molecule has 1 aromatic heterocycles. The van der Waals surface area contributed by atoms with Crippen LogP contribution < -0.4 is 20.9 Å². The monoisotopic (exact) mass is 523 g/mol. The number of nitrogens with two attached hydrogens (primary N) is 1. The standard InChI is InChI=1S/C28H36N4O6/c1-17(29)26(20-8-6-19(7-9-20)18-4-5-18)38-23-10-11-24(30-14-23)27(36)31-22-3-2-12-32(15-22)28(37)21(16-33)13-25(34)35/h6-11,14,17-18,21-22,26,33H,2-5,12-13,15-16,29H2,1H3,(H,31,36)(H,34,35)/p-1/t17?,21?,22-,26+/m1/s1. The van der Waals surface area contributed by atoms with Gasteiger partial charge in [-0.2, -0.15) is 0 Å². The van der Waals surface area contributed by atoms with Crippen LogP contribution in [0, 0.1) is 5.92 Å². The number of aliphatic hydroxyl groups is 1. The average molecular weight is 524 g/mol. The topological polar surface area (TPSA) is 158 Å². The second-order valence-electron chi connectivity index (χ2n) is 10.3. The molecule has 10 heteroatoms. The minimum Gasteiger partial charge on any atom is -0.550 e. The van der Waals surface area contributed by atoms with Crippen molar-refractivity contribution < 1.29 is 29.3 Å². The Morgan fingerprint density at radius 2 is 1.92 bits per heavy atom. The van der Waals surface area contributed by atoms with Crippen molar-refractivity contribution >= 4 is 17.8 Å². The van der Waals surface area contributed by atoms with Gasteiger partial charge in [-0.05, 0) is 61.8 Å². The van der Waals surface area contributed by atoms with Crippen LogP contribution in [0.5, 0.6) is 5.75 Å². The summed E-state index contributed by atoms with van der Waals surface area (Å²) < 4.78 is 6.13. The zero-order valence-electron chi connectivity index (χ0n) is 21.5. The zero-order chi connectivity index (χ0) is 27.2. The Morgan fingerprint density at radius 1 is 1.18 bits per heavy atom. The van der Waals surface area contributed by atoms with Gasteiger partial charge in [-0.1, -0.05) is 24.3 Å². The predicted octanol–water partition coefficient (Wildman–Crippen LogP) is 0.896. The molecule has 1 saturated heterocycles. The molecule has 4 atom stereocenters. The molecule has 4 rings (SSSR count). The lowest BCUT2D eigenvalue weighted by Gasteiger charge is -2.35. The maximum Gasteiger partial charge on any atom is 0.270 e. The smallest absolute Gasteiger partial charge is 0.270 e. The molecule has 1 aliphatic heterocycles. The highest BCUT2D eigenvalue weighted by Crippen LogP contribution is 2.40. The van der Waals surface area contributed by atoms with Gasteiger partial charge in [0, 0.05) is 37.6 Å². The Balaban J connectivity index is 1.33. The number of aliphatic carboxylic acids is 1. The Labute approximate surface area is 222 Å². The van der Waals surface area contributed by atoms with Gasteiger partial charge in [-0.15, -0.1) is 0 Å². The van der Waals surface area contributed by atoms with Crippen molar-refractivity contribution in [2.24, 2.45) is 11.7 Å². The first-order valence-corrected chi connectivity index (χ1v) is 13.1. The number of nitrogens with zero attached hydrogens (tertiary/aromatic N) is 2. The molecule has 10 nitrogen and oxygen atoms in total. The summed E-state index contributed by atoms with van der Waals surface area (Å²) in [7, 11) is 0. The van der Waals surface area contributed by atoms with Gasteiger partial charge in [0.25, 0.3) is 5.91 Å². The number of carboxylic acid groups (broad SMARTS) is 1. The number of pyridine rings is 1. The number of likely N-dealkylation sites (tertiary alicyclic amines) is 1. The SMILES string of the molecule is CC(N)[C@H](Oc1ccc(C(=O)N[C@@H]2CCCN(C(=O)C(CO)CC(=O)[O-])C2)nc1)c1ccc(C2CC2)cc1. The molecular weight excluding hydrogens is 488 g/mol. The molecule has 38 heavy (non-hydrogen) atoms. The number of carbonyl (C=O) groups is 3. The number of benzene rings is 1. The van der Waals surface area contributed by atoms with Crippen LogP contribution in [0.2, 0.25) is 0 Å². The second kappa shape index (κ2) is 12.4. The molecule has 204 valence electrons. The van der Waals surface area contributed by atoms with E-state index in [1.165, 1.54) is 29.5 Å². The van der Waals surface area contributed by atoms with Crippen molar-refractivity contribution in [3.05, 3.63) is 59.4 Å². The largest absolute Gasteiger partial charge is 0.550 e. The van der Waals surface area contributed by atoms with Gasteiger partial charge in [-0.3, -0.25) is 9.59 Å². The number of nitrogens with one attached hydrogen (secondary N) is 1. The van der Waals surface area contributed by atoms with E-state index < -0.39 is 30.8 Å². The van der Waals surface area contributed by atoms with Crippen molar-refractivity contribution in [3.8, 4) is 5.75 Å². The lowest BCUT2D eigenvalue weighted by Crippen LogP contribution is -2.51. The first kappa shape index (κ1) is 27.5. The van der Waals surface area contributed by atoms with Gasteiger partial charge in [0.05, 0.1) is 18.7 Å². The molecule has 2 unspecified atom stereocenters. The molecule has 2 heterocycles. The molecule has 1 aliphatic carbocycles. The van der Waals surface area contributed by atoms with Crippen LogP contribution in [0.4, 0.5) is 0 Å². The van der Waals surface area contributed by atoms with Gasteiger partial charge in [-0.25, -0.2) is 4.98 Å². The fourth-order valence-corrected chi connectivity index (χ4v) is 4.83. The van der Waals surface area contributed by atoms with Crippen molar-refractivity contribution in [2.45, 2.75) is 63.1 Å². The van der Waals surface area contributed by atoms with Crippen molar-refractivity contribution in [1.82, 2.24) is 15.2 Å². The summed E-state index contributed by atoms with van der Waals surface area (Å²) in [6, 6.07) is 11.0. The van der Waals surface area contributed by atoms with Crippen molar-refractivity contribution in [3.63, 3.8) is 0 Å². The molecule has 2 aromatic rings. The van der Waals surface area contributed by atoms with Crippen LogP contribution in [-0.2, 0) is 9.59 Å². The Kier molecular flexibility index (Phi) is 8.96. The van der Waals surface area contributed by atoms with E-state index in [0.717, 1.165) is 5.56 Å². The average Bonchev–Trinajstić information content (AvgIpc) is 3.76. The predicted molar refractivity (Wildman–Crippen MR) is 137 cm³/mol. The third kappa shape index (κ3) is 7.08. The first-order chi connectivity index (χ1) is 18.2. The maximum absolute atomic E-state index is 12.8. The Hall–Kier alpha value is -3.50. The summed E-state index contributed by atoms with van der Waals surface area (Å²) in [6.07, 6.45) is 4.36. The molecular formula is C28H35N4O6-. The number of carboxylic acids is 1. The molecule has 0 spiro atoms. The summed E-state index contributed by atoms with van der Waals surface area (Å²) in [4.78, 5) is 42.1. The maximum atomic E-state index is 12.8. The highest BCUT2D eigenvalue weighted by atomic mass is 16.5. The number of ether oxygens (including phenoxy) is 1. The van der Waals surface area contributed by atoms with Crippen LogP contribution in [-0.4, -0.2) is 64.6 Å². The quantitative estimate of drug-likeness (QED) is 0.392. The van der Waals surface area contributed by atoms with E-state index in [0.29, 0.717) is 31.1 Å². The fraction of sp³-hybridized carbons (Fsp3) is 0.500. The molecule has 0 bridgehead atoms. The van der Waals surface area contributed by atoms with Gasteiger partial charge in [0.1, 0.15) is 17.5 Å². The lowest BCUT2D eigenvalue weighted by atomic mass is 10.0. The van der Waals surface area contributed by atoms with Crippen LogP contribution in [0.3, 0.4) is 0 Å². The third-order valence-corrected chi connectivity index (χ3v) is 7.07. The molecule has 2 fully saturated rings. The highest BCUT2D eigenvalue weighted by molar-refractivity contribution is 5.92. The van der Waals surface area contributed by atoms with E-state index in [1.807, 2.05) is 6.92 Å². The third-order valence-electron chi connectivity index (χ3n) is 7.07. The van der Waals surface area contributed by atoms with Crippen molar-refractivity contribution in [1.29, 1.82) is 0 Å². The molecule has 0 radical (unpaired) electrons. The fourth-order valence-electron chi connectivity index (χ4n) is 4.83. The van der Waals surface area contributed by atoms with Gasteiger partial charge >= 0.3 is 0 Å². The van der Waals surface area contributed by atoms with E-state index in [1.54, 1.807) is 12.1 Å². The number of carbonyl (C=O) groups excluding carboxylic acids is 3. The molecule has 4 N–H and O–H groups in total. The van der Waals surface area contributed by atoms with Crippen LogP contribution in [0.15, 0.2) is 42.6 Å². The Bertz CT molecular complexity index is 1120. The lowest BCUT2D eigenvalue weighted by molar-refractivity contribution is -0.306. The summed E-state index contributed by atoms with van der Waals surface area (Å²) in [5, 5.41) is 23.2.